The molecule has 0 saturated carbocycles. The Bertz CT molecular complexity index is 712. The molecule has 3 aromatic heterocycles. The fourth-order valence-corrected chi connectivity index (χ4v) is 2.40. The Kier molecular flexibility index (Phi) is 2.98. The second kappa shape index (κ2) is 4.66. The highest BCUT2D eigenvalue weighted by molar-refractivity contribution is 6.16. The topological polar surface area (TPSA) is 56.7 Å². The highest BCUT2D eigenvalue weighted by atomic mass is 35.5. The van der Waals surface area contributed by atoms with E-state index in [1.54, 1.807) is 12.4 Å². The van der Waals surface area contributed by atoms with Gasteiger partial charge in [-0.15, -0.1) is 11.6 Å². The average Bonchev–Trinajstić information content (AvgIpc) is 2.94. The molecule has 3 aromatic rings. The summed E-state index contributed by atoms with van der Waals surface area (Å²) in [6.07, 6.45) is 3.50. The minimum Gasteiger partial charge on any atom is -0.361 e. The fourth-order valence-electron chi connectivity index (χ4n) is 2.20. The summed E-state index contributed by atoms with van der Waals surface area (Å²) >= 11 is 5.98. The number of halogens is 1. The summed E-state index contributed by atoms with van der Waals surface area (Å²) in [7, 11) is 0. The number of alkyl halides is 1. The summed E-state index contributed by atoms with van der Waals surface area (Å²) in [6.45, 7) is 4.51. The molecule has 0 aliphatic rings. The van der Waals surface area contributed by atoms with Crippen LogP contribution >= 0.6 is 11.6 Å². The van der Waals surface area contributed by atoms with Gasteiger partial charge in [-0.3, -0.25) is 4.98 Å². The molecule has 0 N–H and O–H groups in total. The van der Waals surface area contributed by atoms with Gasteiger partial charge in [0.15, 0.2) is 0 Å². The van der Waals surface area contributed by atoms with Crippen molar-refractivity contribution in [3.8, 4) is 0 Å². The van der Waals surface area contributed by atoms with Gasteiger partial charge in [0.2, 0.25) is 0 Å². The smallest absolute Gasteiger partial charge is 0.138 e. The Hall–Kier alpha value is -1.88. The lowest BCUT2D eigenvalue weighted by molar-refractivity contribution is 0.392. The van der Waals surface area contributed by atoms with Crippen LogP contribution in [-0.4, -0.2) is 19.7 Å². The molecule has 6 heteroatoms. The zero-order chi connectivity index (χ0) is 13.4. The van der Waals surface area contributed by atoms with Crippen LogP contribution in [-0.2, 0) is 12.4 Å². The Morgan fingerprint density at radius 1 is 1.37 bits per heavy atom. The summed E-state index contributed by atoms with van der Waals surface area (Å²) in [6, 6.07) is 1.94. The molecule has 0 fully saturated rings. The third kappa shape index (κ3) is 2.00. The summed E-state index contributed by atoms with van der Waals surface area (Å²) < 4.78 is 7.28. The van der Waals surface area contributed by atoms with Gasteiger partial charge in [0, 0.05) is 11.8 Å². The predicted molar refractivity (Wildman–Crippen MR) is 72.2 cm³/mol. The van der Waals surface area contributed by atoms with Crippen molar-refractivity contribution in [2.45, 2.75) is 26.3 Å². The molecule has 98 valence electrons. The molecule has 0 aromatic carbocycles. The first kappa shape index (κ1) is 12.2. The summed E-state index contributed by atoms with van der Waals surface area (Å²) in [4.78, 5) is 8.57. The van der Waals surface area contributed by atoms with Crippen LogP contribution in [0.5, 0.6) is 0 Å². The third-order valence-electron chi connectivity index (χ3n) is 3.25. The van der Waals surface area contributed by atoms with Gasteiger partial charge in [-0.05, 0) is 19.9 Å². The van der Waals surface area contributed by atoms with E-state index < -0.39 is 0 Å². The molecule has 0 spiro atoms. The molecule has 3 heterocycles. The Morgan fingerprint density at radius 2 is 2.21 bits per heavy atom. The lowest BCUT2D eigenvalue weighted by atomic mass is 10.2. The maximum absolute atomic E-state index is 5.98. The van der Waals surface area contributed by atoms with Crippen molar-refractivity contribution < 1.29 is 4.52 Å². The molecular formula is C13H13ClN4O. The minimum absolute atomic E-state index is 0.359. The molecule has 0 aliphatic carbocycles. The molecule has 0 atom stereocenters. The summed E-state index contributed by atoms with van der Waals surface area (Å²) in [5.41, 5.74) is 3.84. The van der Waals surface area contributed by atoms with Crippen molar-refractivity contribution in [3.63, 3.8) is 0 Å². The number of aryl methyl sites for hydroxylation is 2. The van der Waals surface area contributed by atoms with Crippen molar-refractivity contribution in [1.29, 1.82) is 0 Å². The molecule has 0 unspecified atom stereocenters. The van der Waals surface area contributed by atoms with Gasteiger partial charge >= 0.3 is 0 Å². The van der Waals surface area contributed by atoms with E-state index in [0.29, 0.717) is 12.4 Å². The van der Waals surface area contributed by atoms with Crippen LogP contribution in [0.1, 0.15) is 22.8 Å². The second-order valence-corrected chi connectivity index (χ2v) is 4.68. The summed E-state index contributed by atoms with van der Waals surface area (Å²) in [5, 5.41) is 3.98. The van der Waals surface area contributed by atoms with E-state index in [0.717, 1.165) is 33.9 Å². The second-order valence-electron chi connectivity index (χ2n) is 4.41. The maximum Gasteiger partial charge on any atom is 0.138 e. The number of imidazole rings is 1. The first-order valence-electron chi connectivity index (χ1n) is 5.97. The minimum atomic E-state index is 0.359. The lowest BCUT2D eigenvalue weighted by Gasteiger charge is -2.07. The fraction of sp³-hybridized carbons (Fsp3) is 0.308. The van der Waals surface area contributed by atoms with Crippen molar-refractivity contribution in [1.82, 2.24) is 19.7 Å². The standard InChI is InChI=1S/C13H13ClN4O/c1-8-10(9(2)19-17-8)7-18-12-3-4-15-6-11(12)16-13(18)5-14/h3-4,6H,5,7H2,1-2H3. The SMILES string of the molecule is Cc1noc(C)c1Cn1c(CCl)nc2cnccc21. The molecule has 3 rings (SSSR count). The van der Waals surface area contributed by atoms with Crippen LogP contribution in [0.2, 0.25) is 0 Å². The van der Waals surface area contributed by atoms with E-state index in [1.165, 1.54) is 0 Å². The molecule has 0 saturated heterocycles. The third-order valence-corrected chi connectivity index (χ3v) is 3.49. The molecule has 5 nitrogen and oxygen atoms in total. The highest BCUT2D eigenvalue weighted by Gasteiger charge is 2.15. The van der Waals surface area contributed by atoms with Crippen molar-refractivity contribution >= 4 is 22.6 Å². The Labute approximate surface area is 115 Å². The Balaban J connectivity index is 2.14. The van der Waals surface area contributed by atoms with Gasteiger partial charge in [-0.25, -0.2) is 4.98 Å². The largest absolute Gasteiger partial charge is 0.361 e. The zero-order valence-electron chi connectivity index (χ0n) is 10.7. The number of fused-ring (bicyclic) bond motifs is 1. The van der Waals surface area contributed by atoms with Crippen LogP contribution in [0, 0.1) is 13.8 Å². The number of rotatable bonds is 3. The molecular weight excluding hydrogens is 264 g/mol. The van der Waals surface area contributed by atoms with E-state index in [-0.39, 0.29) is 0 Å². The van der Waals surface area contributed by atoms with E-state index >= 15 is 0 Å². The van der Waals surface area contributed by atoms with Gasteiger partial charge < -0.3 is 9.09 Å². The number of pyridine rings is 1. The van der Waals surface area contributed by atoms with Crippen LogP contribution in [0.4, 0.5) is 0 Å². The number of aromatic nitrogens is 4. The number of hydrogen-bond acceptors (Lipinski definition) is 4. The van der Waals surface area contributed by atoms with Gasteiger partial charge in [-0.2, -0.15) is 0 Å². The van der Waals surface area contributed by atoms with Gasteiger partial charge in [-0.1, -0.05) is 5.16 Å². The molecule has 0 aliphatic heterocycles. The molecule has 0 bridgehead atoms. The van der Waals surface area contributed by atoms with Crippen LogP contribution in [0.15, 0.2) is 23.0 Å². The summed E-state index contributed by atoms with van der Waals surface area (Å²) in [5.74, 6) is 2.01. The zero-order valence-corrected chi connectivity index (χ0v) is 11.5. The van der Waals surface area contributed by atoms with Crippen molar-refractivity contribution in [2.24, 2.45) is 0 Å². The van der Waals surface area contributed by atoms with E-state index in [9.17, 15) is 0 Å². The van der Waals surface area contributed by atoms with Gasteiger partial charge in [0.25, 0.3) is 0 Å². The Morgan fingerprint density at radius 3 is 2.89 bits per heavy atom. The monoisotopic (exact) mass is 276 g/mol. The number of nitrogens with zero attached hydrogens (tertiary/aromatic N) is 4. The number of hydrogen-bond donors (Lipinski definition) is 0. The van der Waals surface area contributed by atoms with Crippen molar-refractivity contribution in [2.75, 3.05) is 0 Å². The lowest BCUT2D eigenvalue weighted by Crippen LogP contribution is -2.05. The van der Waals surface area contributed by atoms with Gasteiger partial charge in [0.05, 0.1) is 29.8 Å². The predicted octanol–water partition coefficient (Wildman–Crippen LogP) is 2.82. The van der Waals surface area contributed by atoms with E-state index in [1.807, 2.05) is 19.9 Å². The maximum atomic E-state index is 5.98. The average molecular weight is 277 g/mol. The first-order valence-corrected chi connectivity index (χ1v) is 6.51. The van der Waals surface area contributed by atoms with Crippen LogP contribution < -0.4 is 0 Å². The van der Waals surface area contributed by atoms with Crippen LogP contribution in [0.3, 0.4) is 0 Å². The molecule has 0 radical (unpaired) electrons. The van der Waals surface area contributed by atoms with E-state index in [4.69, 9.17) is 16.1 Å². The normalized spacial score (nSPS) is 11.3. The van der Waals surface area contributed by atoms with Crippen LogP contribution in [0.25, 0.3) is 11.0 Å². The molecule has 0 amide bonds. The first-order chi connectivity index (χ1) is 9.20. The molecule has 19 heavy (non-hydrogen) atoms. The van der Waals surface area contributed by atoms with Crippen molar-refractivity contribution in [3.05, 3.63) is 41.3 Å². The van der Waals surface area contributed by atoms with Gasteiger partial charge in [0.1, 0.15) is 17.1 Å². The van der Waals surface area contributed by atoms with E-state index in [2.05, 4.69) is 19.7 Å². The quantitative estimate of drug-likeness (QED) is 0.690. The highest BCUT2D eigenvalue weighted by Crippen LogP contribution is 2.21.